The molecule has 0 aliphatic carbocycles. The molecule has 0 saturated carbocycles. The SMILES string of the molecule is C=CCON=C1CCOc2sc(-c3cnc(-c4cccnc4)s3)nc21. The predicted octanol–water partition coefficient (Wildman–Crippen LogP) is 4.02. The third-order valence-electron chi connectivity index (χ3n) is 3.43. The number of ether oxygens (including phenoxy) is 1. The average molecular weight is 370 g/mol. The first kappa shape index (κ1) is 15.9. The van der Waals surface area contributed by atoms with Gasteiger partial charge in [0.05, 0.1) is 11.5 Å². The summed E-state index contributed by atoms with van der Waals surface area (Å²) in [4.78, 5) is 19.5. The zero-order valence-electron chi connectivity index (χ0n) is 13.2. The Morgan fingerprint density at radius 1 is 1.32 bits per heavy atom. The number of hydrogen-bond donors (Lipinski definition) is 0. The Labute approximate surface area is 152 Å². The van der Waals surface area contributed by atoms with E-state index in [-0.39, 0.29) is 0 Å². The van der Waals surface area contributed by atoms with Gasteiger partial charge in [0.2, 0.25) is 5.06 Å². The predicted molar refractivity (Wildman–Crippen MR) is 99.3 cm³/mol. The number of rotatable bonds is 5. The number of thiazole rings is 2. The van der Waals surface area contributed by atoms with Gasteiger partial charge < -0.3 is 9.57 Å². The molecule has 126 valence electrons. The van der Waals surface area contributed by atoms with Crippen molar-refractivity contribution in [1.82, 2.24) is 15.0 Å². The summed E-state index contributed by atoms with van der Waals surface area (Å²) in [5, 5.41) is 6.73. The minimum atomic E-state index is 0.375. The molecule has 3 aromatic rings. The summed E-state index contributed by atoms with van der Waals surface area (Å²) in [5.41, 5.74) is 2.56. The molecule has 0 unspecified atom stereocenters. The van der Waals surface area contributed by atoms with Gasteiger partial charge in [-0.2, -0.15) is 0 Å². The Kier molecular flexibility index (Phi) is 4.53. The van der Waals surface area contributed by atoms with Crippen molar-refractivity contribution in [2.24, 2.45) is 5.16 Å². The van der Waals surface area contributed by atoms with E-state index in [1.54, 1.807) is 29.8 Å². The molecule has 25 heavy (non-hydrogen) atoms. The van der Waals surface area contributed by atoms with Crippen molar-refractivity contribution in [3.63, 3.8) is 0 Å². The summed E-state index contributed by atoms with van der Waals surface area (Å²) in [7, 11) is 0. The normalized spacial score (nSPS) is 14.8. The molecule has 6 nitrogen and oxygen atoms in total. The van der Waals surface area contributed by atoms with Gasteiger partial charge >= 0.3 is 0 Å². The van der Waals surface area contributed by atoms with Crippen LogP contribution in [0.1, 0.15) is 12.1 Å². The first-order valence-corrected chi connectivity index (χ1v) is 9.29. The number of pyridine rings is 1. The van der Waals surface area contributed by atoms with Gasteiger partial charge in [0, 0.05) is 30.6 Å². The molecule has 1 aliphatic heterocycles. The van der Waals surface area contributed by atoms with Crippen LogP contribution in [0.5, 0.6) is 5.06 Å². The van der Waals surface area contributed by atoms with Crippen LogP contribution in [0.2, 0.25) is 0 Å². The zero-order valence-corrected chi connectivity index (χ0v) is 14.8. The maximum atomic E-state index is 5.73. The zero-order chi connectivity index (χ0) is 17.1. The smallest absolute Gasteiger partial charge is 0.204 e. The van der Waals surface area contributed by atoms with E-state index in [1.165, 1.54) is 11.3 Å². The third-order valence-corrected chi connectivity index (χ3v) is 5.62. The first-order valence-electron chi connectivity index (χ1n) is 7.65. The number of hydrogen-bond acceptors (Lipinski definition) is 8. The van der Waals surface area contributed by atoms with Crippen LogP contribution >= 0.6 is 22.7 Å². The maximum Gasteiger partial charge on any atom is 0.204 e. The fraction of sp³-hybridized carbons (Fsp3) is 0.176. The van der Waals surface area contributed by atoms with E-state index in [4.69, 9.17) is 14.6 Å². The molecule has 3 aromatic heterocycles. The highest BCUT2D eigenvalue weighted by molar-refractivity contribution is 7.24. The molecule has 0 amide bonds. The van der Waals surface area contributed by atoms with Gasteiger partial charge in [-0.05, 0) is 12.1 Å². The van der Waals surface area contributed by atoms with Crippen molar-refractivity contribution >= 4 is 28.4 Å². The van der Waals surface area contributed by atoms with Gasteiger partial charge in [0.1, 0.15) is 28.0 Å². The van der Waals surface area contributed by atoms with E-state index >= 15 is 0 Å². The fourth-order valence-electron chi connectivity index (χ4n) is 2.30. The molecule has 0 spiro atoms. The highest BCUT2D eigenvalue weighted by atomic mass is 32.1. The van der Waals surface area contributed by atoms with Crippen LogP contribution in [-0.4, -0.2) is 33.9 Å². The average Bonchev–Trinajstić information content (AvgIpc) is 3.30. The number of aromatic nitrogens is 3. The Morgan fingerprint density at radius 3 is 3.12 bits per heavy atom. The molecule has 4 heterocycles. The second-order valence-electron chi connectivity index (χ2n) is 5.15. The highest BCUT2D eigenvalue weighted by Crippen LogP contribution is 2.40. The van der Waals surface area contributed by atoms with Crippen molar-refractivity contribution < 1.29 is 9.57 Å². The van der Waals surface area contributed by atoms with Gasteiger partial charge in [0.25, 0.3) is 0 Å². The lowest BCUT2D eigenvalue weighted by atomic mass is 10.2. The molecule has 4 rings (SSSR count). The quantitative estimate of drug-likeness (QED) is 0.385. The molecule has 0 N–H and O–H groups in total. The van der Waals surface area contributed by atoms with Crippen molar-refractivity contribution in [3.05, 3.63) is 49.1 Å². The molecule has 0 bridgehead atoms. The molecular formula is C17H14N4O2S2. The van der Waals surface area contributed by atoms with Crippen LogP contribution in [0.3, 0.4) is 0 Å². The van der Waals surface area contributed by atoms with E-state index in [0.29, 0.717) is 19.6 Å². The van der Waals surface area contributed by atoms with Gasteiger partial charge in [-0.3, -0.25) is 4.98 Å². The monoisotopic (exact) mass is 370 g/mol. The number of oxime groups is 1. The summed E-state index contributed by atoms with van der Waals surface area (Å²) >= 11 is 3.09. The lowest BCUT2D eigenvalue weighted by Gasteiger charge is -2.12. The lowest BCUT2D eigenvalue weighted by Crippen LogP contribution is -2.15. The van der Waals surface area contributed by atoms with Gasteiger partial charge in [-0.15, -0.1) is 11.3 Å². The van der Waals surface area contributed by atoms with E-state index in [0.717, 1.165) is 36.9 Å². The summed E-state index contributed by atoms with van der Waals surface area (Å²) in [6.45, 7) is 4.57. The van der Waals surface area contributed by atoms with Gasteiger partial charge in [-0.1, -0.05) is 29.1 Å². The van der Waals surface area contributed by atoms with Gasteiger partial charge in [0.15, 0.2) is 0 Å². The molecule has 1 aliphatic rings. The van der Waals surface area contributed by atoms with Crippen molar-refractivity contribution in [2.75, 3.05) is 13.2 Å². The topological polar surface area (TPSA) is 69.5 Å². The van der Waals surface area contributed by atoms with Crippen molar-refractivity contribution in [3.8, 4) is 25.5 Å². The van der Waals surface area contributed by atoms with Crippen LogP contribution in [0, 0.1) is 0 Å². The Balaban J connectivity index is 1.64. The Hall–Kier alpha value is -2.58. The van der Waals surface area contributed by atoms with Crippen LogP contribution in [0.15, 0.2) is 48.5 Å². The Morgan fingerprint density at radius 2 is 2.28 bits per heavy atom. The molecule has 0 saturated heterocycles. The van der Waals surface area contributed by atoms with Crippen LogP contribution in [0.25, 0.3) is 20.5 Å². The molecular weight excluding hydrogens is 356 g/mol. The first-order chi connectivity index (χ1) is 12.3. The largest absolute Gasteiger partial charge is 0.482 e. The minimum Gasteiger partial charge on any atom is -0.482 e. The maximum absolute atomic E-state index is 5.73. The van der Waals surface area contributed by atoms with E-state index < -0.39 is 0 Å². The van der Waals surface area contributed by atoms with Crippen LogP contribution < -0.4 is 4.74 Å². The second kappa shape index (κ2) is 7.12. The minimum absolute atomic E-state index is 0.375. The third kappa shape index (κ3) is 3.31. The molecule has 0 radical (unpaired) electrons. The van der Waals surface area contributed by atoms with E-state index in [9.17, 15) is 0 Å². The van der Waals surface area contributed by atoms with Crippen LogP contribution in [-0.2, 0) is 4.84 Å². The number of nitrogens with zero attached hydrogens (tertiary/aromatic N) is 4. The second-order valence-corrected chi connectivity index (χ2v) is 7.14. The molecule has 0 fully saturated rings. The Bertz CT molecular complexity index is 918. The van der Waals surface area contributed by atoms with Crippen molar-refractivity contribution in [2.45, 2.75) is 6.42 Å². The fourth-order valence-corrected chi connectivity index (χ4v) is 4.21. The summed E-state index contributed by atoms with van der Waals surface area (Å²) < 4.78 is 5.73. The van der Waals surface area contributed by atoms with Crippen molar-refractivity contribution in [1.29, 1.82) is 0 Å². The van der Waals surface area contributed by atoms with Crippen LogP contribution in [0.4, 0.5) is 0 Å². The van der Waals surface area contributed by atoms with E-state index in [1.807, 2.05) is 18.3 Å². The standard InChI is InChI=1S/C17H14N4O2S2/c1-2-7-23-21-12-5-8-22-17-14(12)20-16(25-17)13-10-19-15(24-13)11-4-3-6-18-9-11/h2-4,6,9-10H,1,5,7-8H2. The molecule has 0 atom stereocenters. The summed E-state index contributed by atoms with van der Waals surface area (Å²) in [6, 6.07) is 3.89. The number of fused-ring (bicyclic) bond motifs is 1. The molecule has 0 aromatic carbocycles. The summed E-state index contributed by atoms with van der Waals surface area (Å²) in [5.74, 6) is 0. The van der Waals surface area contributed by atoms with Gasteiger partial charge in [-0.25, -0.2) is 9.97 Å². The molecule has 8 heteroatoms. The lowest BCUT2D eigenvalue weighted by molar-refractivity contribution is 0.172. The summed E-state index contributed by atoms with van der Waals surface area (Å²) in [6.07, 6.45) is 7.73. The highest BCUT2D eigenvalue weighted by Gasteiger charge is 2.24. The van der Waals surface area contributed by atoms with E-state index in [2.05, 4.69) is 21.7 Å².